The van der Waals surface area contributed by atoms with Crippen molar-refractivity contribution in [3.8, 4) is 0 Å². The summed E-state index contributed by atoms with van der Waals surface area (Å²) in [6.07, 6.45) is 0.379. The van der Waals surface area contributed by atoms with Gasteiger partial charge in [0.2, 0.25) is 5.91 Å². The SMILES string of the molecule is CCOC(=O)CCC(=O)N(C)C(C)C(C)(C)C. The van der Waals surface area contributed by atoms with Gasteiger partial charge < -0.3 is 9.64 Å². The van der Waals surface area contributed by atoms with E-state index in [1.165, 1.54) is 0 Å². The first-order chi connectivity index (χ1) is 7.70. The first kappa shape index (κ1) is 15.9. The summed E-state index contributed by atoms with van der Waals surface area (Å²) in [5, 5.41) is 0. The third kappa shape index (κ3) is 5.71. The molecule has 17 heavy (non-hydrogen) atoms. The number of nitrogens with zero attached hydrogens (tertiary/aromatic N) is 1. The van der Waals surface area contributed by atoms with E-state index < -0.39 is 0 Å². The molecule has 0 spiro atoms. The summed E-state index contributed by atoms with van der Waals surface area (Å²) in [5.74, 6) is -0.321. The Labute approximate surface area is 104 Å². The van der Waals surface area contributed by atoms with Crippen LogP contribution in [0.5, 0.6) is 0 Å². The zero-order valence-electron chi connectivity index (χ0n) is 11.9. The number of carbonyl (C=O) groups excluding carboxylic acids is 2. The fourth-order valence-electron chi connectivity index (χ4n) is 1.42. The first-order valence-corrected chi connectivity index (χ1v) is 6.11. The zero-order valence-corrected chi connectivity index (χ0v) is 11.9. The van der Waals surface area contributed by atoms with E-state index in [0.29, 0.717) is 6.61 Å². The molecule has 0 rings (SSSR count). The lowest BCUT2D eigenvalue weighted by molar-refractivity contribution is -0.146. The molecule has 4 heteroatoms. The molecule has 0 aromatic carbocycles. The van der Waals surface area contributed by atoms with Gasteiger partial charge in [0.25, 0.3) is 0 Å². The van der Waals surface area contributed by atoms with E-state index in [4.69, 9.17) is 4.74 Å². The highest BCUT2D eigenvalue weighted by Gasteiger charge is 2.26. The maximum atomic E-state index is 11.9. The Bertz CT molecular complexity index is 268. The monoisotopic (exact) mass is 243 g/mol. The van der Waals surface area contributed by atoms with Gasteiger partial charge in [-0.25, -0.2) is 0 Å². The lowest BCUT2D eigenvalue weighted by Crippen LogP contribution is -2.43. The van der Waals surface area contributed by atoms with Crippen molar-refractivity contribution in [3.05, 3.63) is 0 Å². The number of ether oxygens (including phenoxy) is 1. The average molecular weight is 243 g/mol. The van der Waals surface area contributed by atoms with Gasteiger partial charge in [0.1, 0.15) is 0 Å². The number of rotatable bonds is 5. The fourth-order valence-corrected chi connectivity index (χ4v) is 1.42. The summed E-state index contributed by atoms with van der Waals surface area (Å²) in [5.41, 5.74) is 0.0360. The number of hydrogen-bond acceptors (Lipinski definition) is 3. The van der Waals surface area contributed by atoms with E-state index in [0.717, 1.165) is 0 Å². The maximum absolute atomic E-state index is 11.9. The lowest BCUT2D eigenvalue weighted by Gasteiger charge is -2.35. The molecule has 1 unspecified atom stereocenters. The fraction of sp³-hybridized carbons (Fsp3) is 0.846. The van der Waals surface area contributed by atoms with E-state index in [-0.39, 0.29) is 36.2 Å². The minimum Gasteiger partial charge on any atom is -0.466 e. The molecule has 1 atom stereocenters. The lowest BCUT2D eigenvalue weighted by atomic mass is 9.87. The molecule has 4 nitrogen and oxygen atoms in total. The van der Waals surface area contributed by atoms with Crippen molar-refractivity contribution in [2.24, 2.45) is 5.41 Å². The van der Waals surface area contributed by atoms with Crippen molar-refractivity contribution in [3.63, 3.8) is 0 Å². The van der Waals surface area contributed by atoms with Crippen molar-refractivity contribution in [1.29, 1.82) is 0 Å². The highest BCUT2D eigenvalue weighted by Crippen LogP contribution is 2.23. The van der Waals surface area contributed by atoms with Gasteiger partial charge in [-0.1, -0.05) is 20.8 Å². The summed E-state index contributed by atoms with van der Waals surface area (Å²) < 4.78 is 4.79. The van der Waals surface area contributed by atoms with Gasteiger partial charge in [0.15, 0.2) is 0 Å². The Morgan fingerprint density at radius 3 is 2.18 bits per heavy atom. The third-order valence-electron chi connectivity index (χ3n) is 3.08. The normalized spacial score (nSPS) is 13.1. The van der Waals surface area contributed by atoms with Gasteiger partial charge >= 0.3 is 5.97 Å². The number of esters is 1. The standard InChI is InChI=1S/C13H25NO3/c1-7-17-12(16)9-8-11(15)14(6)10(2)13(3,4)5/h10H,7-9H2,1-6H3. The van der Waals surface area contributed by atoms with E-state index in [9.17, 15) is 9.59 Å². The molecule has 0 saturated carbocycles. The Morgan fingerprint density at radius 1 is 1.24 bits per heavy atom. The quantitative estimate of drug-likeness (QED) is 0.696. The van der Waals surface area contributed by atoms with Gasteiger partial charge in [0, 0.05) is 19.5 Å². The Kier molecular flexibility index (Phi) is 6.21. The predicted octanol–water partition coefficient (Wildman–Crippen LogP) is 2.22. The van der Waals surface area contributed by atoms with Crippen LogP contribution >= 0.6 is 0 Å². The highest BCUT2D eigenvalue weighted by molar-refractivity contribution is 5.81. The van der Waals surface area contributed by atoms with E-state index in [1.807, 2.05) is 6.92 Å². The van der Waals surface area contributed by atoms with Crippen LogP contribution in [0.15, 0.2) is 0 Å². The molecule has 0 radical (unpaired) electrons. The van der Waals surface area contributed by atoms with Crippen LogP contribution in [0.2, 0.25) is 0 Å². The van der Waals surface area contributed by atoms with Crippen LogP contribution in [-0.2, 0) is 14.3 Å². The van der Waals surface area contributed by atoms with Gasteiger partial charge in [-0.15, -0.1) is 0 Å². The van der Waals surface area contributed by atoms with Crippen LogP contribution in [0.25, 0.3) is 0 Å². The largest absolute Gasteiger partial charge is 0.466 e. The van der Waals surface area contributed by atoms with Crippen LogP contribution < -0.4 is 0 Å². The second kappa shape index (κ2) is 6.62. The summed E-state index contributed by atoms with van der Waals surface area (Å²) in [6.45, 7) is 10.4. The smallest absolute Gasteiger partial charge is 0.306 e. The molecule has 0 bridgehead atoms. The minimum absolute atomic E-state index is 0.0134. The average Bonchev–Trinajstić information content (AvgIpc) is 2.23. The molecule has 1 amide bonds. The Hall–Kier alpha value is -1.06. The van der Waals surface area contributed by atoms with Crippen molar-refractivity contribution >= 4 is 11.9 Å². The molecule has 0 aliphatic rings. The molecule has 0 aliphatic heterocycles. The van der Waals surface area contributed by atoms with Crippen LogP contribution in [-0.4, -0.2) is 36.5 Å². The van der Waals surface area contributed by atoms with Gasteiger partial charge in [0.05, 0.1) is 13.0 Å². The first-order valence-electron chi connectivity index (χ1n) is 6.11. The van der Waals surface area contributed by atoms with Crippen molar-refractivity contribution in [2.45, 2.75) is 53.5 Å². The van der Waals surface area contributed by atoms with Crippen LogP contribution in [0, 0.1) is 5.41 Å². The maximum Gasteiger partial charge on any atom is 0.306 e. The molecular formula is C13H25NO3. The van der Waals surface area contributed by atoms with Crippen LogP contribution in [0.1, 0.15) is 47.5 Å². The Morgan fingerprint density at radius 2 is 1.76 bits per heavy atom. The number of carbonyl (C=O) groups is 2. The second-order valence-electron chi connectivity index (χ2n) is 5.35. The summed E-state index contributed by atoms with van der Waals surface area (Å²) >= 11 is 0. The molecule has 0 aromatic heterocycles. The molecule has 0 N–H and O–H groups in total. The minimum atomic E-state index is -0.308. The topological polar surface area (TPSA) is 46.6 Å². The van der Waals surface area contributed by atoms with Gasteiger partial charge in [-0.2, -0.15) is 0 Å². The van der Waals surface area contributed by atoms with E-state index in [1.54, 1.807) is 18.9 Å². The van der Waals surface area contributed by atoms with Crippen molar-refractivity contribution < 1.29 is 14.3 Å². The van der Waals surface area contributed by atoms with E-state index >= 15 is 0 Å². The molecule has 0 aliphatic carbocycles. The van der Waals surface area contributed by atoms with E-state index in [2.05, 4.69) is 20.8 Å². The third-order valence-corrected chi connectivity index (χ3v) is 3.08. The molecule has 100 valence electrons. The second-order valence-corrected chi connectivity index (χ2v) is 5.35. The van der Waals surface area contributed by atoms with Crippen LogP contribution in [0.4, 0.5) is 0 Å². The Balaban J connectivity index is 4.19. The highest BCUT2D eigenvalue weighted by atomic mass is 16.5. The molecule has 0 aromatic rings. The zero-order chi connectivity index (χ0) is 13.6. The van der Waals surface area contributed by atoms with Crippen LogP contribution in [0.3, 0.4) is 0 Å². The van der Waals surface area contributed by atoms with Crippen molar-refractivity contribution in [2.75, 3.05) is 13.7 Å². The van der Waals surface area contributed by atoms with Gasteiger partial charge in [-0.3, -0.25) is 9.59 Å². The number of hydrogen-bond donors (Lipinski definition) is 0. The molecular weight excluding hydrogens is 218 g/mol. The number of amides is 1. The molecule has 0 fully saturated rings. The molecule has 0 heterocycles. The summed E-state index contributed by atoms with van der Waals surface area (Å²) in [4.78, 5) is 24.7. The van der Waals surface area contributed by atoms with Gasteiger partial charge in [-0.05, 0) is 19.3 Å². The summed E-state index contributed by atoms with van der Waals surface area (Å²) in [7, 11) is 1.78. The summed E-state index contributed by atoms with van der Waals surface area (Å²) in [6, 6.07) is 0.136. The molecule has 0 saturated heterocycles. The predicted molar refractivity (Wildman–Crippen MR) is 67.6 cm³/mol. The van der Waals surface area contributed by atoms with Crippen molar-refractivity contribution in [1.82, 2.24) is 4.90 Å².